The monoisotopic (exact) mass is 264 g/mol. The Kier molecular flexibility index (Phi) is 5.45. The third kappa shape index (κ3) is 4.41. The van der Waals surface area contributed by atoms with E-state index < -0.39 is 9.76 Å². The minimum atomic E-state index is -1.86. The predicted octanol–water partition coefficient (Wildman–Crippen LogP) is 3.73. The maximum atomic E-state index is 10.7. The molecule has 0 aromatic carbocycles. The smallest absolute Gasteiger partial charge is 0.332 e. The van der Waals surface area contributed by atoms with Gasteiger partial charge in [-0.25, -0.2) is 4.79 Å². The van der Waals surface area contributed by atoms with Crippen molar-refractivity contribution >= 4 is 52.4 Å². The molecule has 0 rings (SSSR count). The van der Waals surface area contributed by atoms with E-state index in [4.69, 9.17) is 51.5 Å². The van der Waals surface area contributed by atoms with E-state index in [1.54, 1.807) is 0 Å². The zero-order chi connectivity index (χ0) is 10.6. The molecule has 6 heteroatoms. The lowest BCUT2D eigenvalue weighted by Gasteiger charge is -2.12. The standard InChI is InChI=1S/C7H8Cl4O2/c1-2-3-4(6(12)13)5(8)7(9,10)11/h2-3H2,1H3,(H,12,13). The molecule has 13 heavy (non-hydrogen) atoms. The van der Waals surface area contributed by atoms with Gasteiger partial charge in [0.15, 0.2) is 0 Å². The van der Waals surface area contributed by atoms with Gasteiger partial charge in [-0.05, 0) is 6.42 Å². The Morgan fingerprint density at radius 3 is 2.08 bits per heavy atom. The van der Waals surface area contributed by atoms with Crippen LogP contribution in [-0.2, 0) is 4.79 Å². The largest absolute Gasteiger partial charge is 0.478 e. The average molecular weight is 266 g/mol. The predicted molar refractivity (Wildman–Crippen MR) is 55.7 cm³/mol. The third-order valence-corrected chi connectivity index (χ3v) is 2.64. The number of alkyl halides is 3. The van der Waals surface area contributed by atoms with Crippen molar-refractivity contribution in [2.24, 2.45) is 0 Å². The summed E-state index contributed by atoms with van der Waals surface area (Å²) in [6, 6.07) is 0. The molecule has 0 unspecified atom stereocenters. The molecule has 0 aromatic heterocycles. The molecule has 0 spiro atoms. The maximum Gasteiger partial charge on any atom is 0.332 e. The summed E-state index contributed by atoms with van der Waals surface area (Å²) in [5, 5.41) is 8.48. The Labute approximate surface area is 96.4 Å². The first kappa shape index (κ1) is 13.4. The van der Waals surface area contributed by atoms with Crippen molar-refractivity contribution in [3.05, 3.63) is 10.6 Å². The second-order valence-electron chi connectivity index (χ2n) is 2.35. The normalized spacial score (nSPS) is 13.9. The maximum absolute atomic E-state index is 10.7. The van der Waals surface area contributed by atoms with Crippen LogP contribution in [0.1, 0.15) is 19.8 Å². The number of carboxylic acids is 1. The van der Waals surface area contributed by atoms with Crippen LogP contribution in [0, 0.1) is 0 Å². The summed E-state index contributed by atoms with van der Waals surface area (Å²) in [6.07, 6.45) is 0.903. The number of carbonyl (C=O) groups is 1. The number of carboxylic acid groups (broad SMARTS) is 1. The van der Waals surface area contributed by atoms with Crippen molar-refractivity contribution < 1.29 is 9.90 Å². The van der Waals surface area contributed by atoms with Gasteiger partial charge in [0.05, 0.1) is 10.6 Å². The SMILES string of the molecule is CCCC(C(=O)O)=C(Cl)C(Cl)(Cl)Cl. The van der Waals surface area contributed by atoms with Gasteiger partial charge in [0, 0.05) is 0 Å². The second kappa shape index (κ2) is 5.30. The summed E-state index contributed by atoms with van der Waals surface area (Å²) in [6.45, 7) is 1.81. The van der Waals surface area contributed by atoms with E-state index in [2.05, 4.69) is 0 Å². The molecule has 0 aromatic rings. The highest BCUT2D eigenvalue weighted by atomic mass is 35.6. The van der Waals surface area contributed by atoms with E-state index in [9.17, 15) is 4.79 Å². The highest BCUT2D eigenvalue weighted by Crippen LogP contribution is 2.39. The lowest BCUT2D eigenvalue weighted by molar-refractivity contribution is -0.132. The molecule has 0 saturated carbocycles. The zero-order valence-corrected chi connectivity index (χ0v) is 9.81. The summed E-state index contributed by atoms with van der Waals surface area (Å²) < 4.78 is -1.86. The van der Waals surface area contributed by atoms with Crippen LogP contribution in [0.5, 0.6) is 0 Å². The number of rotatable bonds is 3. The lowest BCUT2D eigenvalue weighted by atomic mass is 10.1. The molecule has 0 aliphatic carbocycles. The number of hydrogen-bond acceptors (Lipinski definition) is 1. The zero-order valence-electron chi connectivity index (χ0n) is 6.78. The van der Waals surface area contributed by atoms with Crippen LogP contribution < -0.4 is 0 Å². The summed E-state index contributed by atoms with van der Waals surface area (Å²) in [5.74, 6) is -1.15. The van der Waals surface area contributed by atoms with E-state index in [1.807, 2.05) is 6.92 Å². The highest BCUT2D eigenvalue weighted by molar-refractivity contribution is 6.73. The van der Waals surface area contributed by atoms with Gasteiger partial charge in [0.2, 0.25) is 3.79 Å². The summed E-state index contributed by atoms with van der Waals surface area (Å²) in [7, 11) is 0. The fourth-order valence-corrected chi connectivity index (χ4v) is 1.25. The van der Waals surface area contributed by atoms with Crippen molar-refractivity contribution in [1.82, 2.24) is 0 Å². The van der Waals surface area contributed by atoms with Crippen LogP contribution in [0.2, 0.25) is 0 Å². The van der Waals surface area contributed by atoms with Gasteiger partial charge in [0.25, 0.3) is 0 Å². The summed E-state index contributed by atoms with van der Waals surface area (Å²) in [5.41, 5.74) is -0.0517. The van der Waals surface area contributed by atoms with Gasteiger partial charge in [-0.15, -0.1) is 0 Å². The molecule has 0 amide bonds. The van der Waals surface area contributed by atoms with Crippen LogP contribution in [0.15, 0.2) is 10.6 Å². The fourth-order valence-electron chi connectivity index (χ4n) is 0.732. The molecule has 0 atom stereocenters. The third-order valence-electron chi connectivity index (χ3n) is 1.27. The van der Waals surface area contributed by atoms with Gasteiger partial charge in [-0.1, -0.05) is 59.7 Å². The molecule has 1 N–H and O–H groups in total. The Balaban J connectivity index is 4.97. The van der Waals surface area contributed by atoms with Crippen molar-refractivity contribution in [1.29, 1.82) is 0 Å². The van der Waals surface area contributed by atoms with Gasteiger partial charge < -0.3 is 5.11 Å². The Morgan fingerprint density at radius 1 is 1.38 bits per heavy atom. The number of allylic oxidation sites excluding steroid dienone is 1. The van der Waals surface area contributed by atoms with Gasteiger partial charge in [0.1, 0.15) is 0 Å². The van der Waals surface area contributed by atoms with E-state index in [0.29, 0.717) is 6.42 Å². The van der Waals surface area contributed by atoms with Gasteiger partial charge >= 0.3 is 5.97 Å². The Hall–Kier alpha value is 0.370. The summed E-state index contributed by atoms with van der Waals surface area (Å²) in [4.78, 5) is 10.7. The number of hydrogen-bond donors (Lipinski definition) is 1. The first-order valence-corrected chi connectivity index (χ1v) is 5.01. The van der Waals surface area contributed by atoms with Gasteiger partial charge in [-0.3, -0.25) is 0 Å². The Morgan fingerprint density at radius 2 is 1.85 bits per heavy atom. The van der Waals surface area contributed by atoms with Crippen molar-refractivity contribution in [2.75, 3.05) is 0 Å². The molecular formula is C7H8Cl4O2. The van der Waals surface area contributed by atoms with E-state index in [1.165, 1.54) is 0 Å². The Bertz CT molecular complexity index is 229. The first-order valence-electron chi connectivity index (χ1n) is 3.49. The van der Waals surface area contributed by atoms with Crippen molar-refractivity contribution in [2.45, 2.75) is 23.6 Å². The molecule has 0 bridgehead atoms. The molecule has 2 nitrogen and oxygen atoms in total. The molecule has 0 radical (unpaired) electrons. The minimum Gasteiger partial charge on any atom is -0.478 e. The average Bonchev–Trinajstić information content (AvgIpc) is 1.96. The van der Waals surface area contributed by atoms with E-state index in [0.717, 1.165) is 0 Å². The number of halogens is 4. The minimum absolute atomic E-state index is 0.0517. The van der Waals surface area contributed by atoms with Crippen LogP contribution in [0.4, 0.5) is 0 Å². The highest BCUT2D eigenvalue weighted by Gasteiger charge is 2.29. The topological polar surface area (TPSA) is 37.3 Å². The second-order valence-corrected chi connectivity index (χ2v) is 5.00. The van der Waals surface area contributed by atoms with E-state index >= 15 is 0 Å². The molecule has 0 saturated heterocycles. The lowest BCUT2D eigenvalue weighted by Crippen LogP contribution is -2.11. The van der Waals surface area contributed by atoms with E-state index in [-0.39, 0.29) is 17.0 Å². The first-order chi connectivity index (χ1) is 5.80. The van der Waals surface area contributed by atoms with Gasteiger partial charge in [-0.2, -0.15) is 0 Å². The number of aliphatic carboxylic acids is 1. The fraction of sp³-hybridized carbons (Fsp3) is 0.571. The molecule has 0 fully saturated rings. The quantitative estimate of drug-likeness (QED) is 0.624. The van der Waals surface area contributed by atoms with Crippen LogP contribution >= 0.6 is 46.4 Å². The molecule has 76 valence electrons. The molecule has 0 heterocycles. The van der Waals surface area contributed by atoms with Crippen LogP contribution in [0.25, 0.3) is 0 Å². The summed E-state index contributed by atoms with van der Waals surface area (Å²) >= 11 is 21.9. The molecular weight excluding hydrogens is 258 g/mol. The molecule has 0 aliphatic heterocycles. The van der Waals surface area contributed by atoms with Crippen LogP contribution in [-0.4, -0.2) is 14.9 Å². The molecule has 0 aliphatic rings. The van der Waals surface area contributed by atoms with Crippen molar-refractivity contribution in [3.8, 4) is 0 Å². The van der Waals surface area contributed by atoms with Crippen LogP contribution in [0.3, 0.4) is 0 Å². The van der Waals surface area contributed by atoms with Crippen molar-refractivity contribution in [3.63, 3.8) is 0 Å².